The number of nitrogens with two attached hydrogens (primary N) is 1. The number of ether oxygens (including phenoxy) is 1. The summed E-state index contributed by atoms with van der Waals surface area (Å²) in [4.78, 5) is 23.4. The summed E-state index contributed by atoms with van der Waals surface area (Å²) in [5, 5.41) is 8.78. The standard InChI is InChI=1S/C14H15N3O5S/c1-9(16)12(7-15)13(18)8-22-14(19)10-4-3-5-11(6-10)23(20,21)17-2/h3-6,17H,8,16H2,1-2H3/b12-9+. The van der Waals surface area contributed by atoms with Gasteiger partial charge in [-0.2, -0.15) is 5.26 Å². The fourth-order valence-corrected chi connectivity index (χ4v) is 2.34. The highest BCUT2D eigenvalue weighted by molar-refractivity contribution is 7.89. The lowest BCUT2D eigenvalue weighted by Gasteiger charge is -2.06. The molecule has 9 heteroatoms. The molecule has 0 aromatic heterocycles. The van der Waals surface area contributed by atoms with Crippen LogP contribution in [0.4, 0.5) is 0 Å². The molecule has 23 heavy (non-hydrogen) atoms. The molecule has 0 fully saturated rings. The average Bonchev–Trinajstić information content (AvgIpc) is 2.53. The predicted octanol–water partition coefficient (Wildman–Crippen LogP) is 0.0769. The molecule has 1 aromatic rings. The van der Waals surface area contributed by atoms with Gasteiger partial charge in [-0.15, -0.1) is 0 Å². The Morgan fingerprint density at radius 2 is 2.04 bits per heavy atom. The van der Waals surface area contributed by atoms with Gasteiger partial charge in [0.15, 0.2) is 6.61 Å². The summed E-state index contributed by atoms with van der Waals surface area (Å²) in [6.45, 7) is 0.712. The van der Waals surface area contributed by atoms with Crippen molar-refractivity contribution in [2.45, 2.75) is 11.8 Å². The first-order valence-electron chi connectivity index (χ1n) is 6.33. The van der Waals surface area contributed by atoms with Crippen molar-refractivity contribution in [3.8, 4) is 6.07 Å². The van der Waals surface area contributed by atoms with Gasteiger partial charge in [-0.1, -0.05) is 6.07 Å². The van der Waals surface area contributed by atoms with Gasteiger partial charge in [0.25, 0.3) is 0 Å². The van der Waals surface area contributed by atoms with E-state index in [0.29, 0.717) is 0 Å². The maximum atomic E-state index is 11.9. The Bertz CT molecular complexity index is 802. The number of esters is 1. The molecule has 122 valence electrons. The van der Waals surface area contributed by atoms with E-state index in [4.69, 9.17) is 15.7 Å². The highest BCUT2D eigenvalue weighted by atomic mass is 32.2. The van der Waals surface area contributed by atoms with E-state index in [2.05, 4.69) is 4.72 Å². The molecule has 8 nitrogen and oxygen atoms in total. The van der Waals surface area contributed by atoms with Crippen molar-refractivity contribution >= 4 is 21.8 Å². The third kappa shape index (κ3) is 4.64. The largest absolute Gasteiger partial charge is 0.454 e. The molecule has 0 spiro atoms. The molecule has 0 amide bonds. The Morgan fingerprint density at radius 1 is 1.39 bits per heavy atom. The van der Waals surface area contributed by atoms with Crippen molar-refractivity contribution in [2.24, 2.45) is 5.73 Å². The lowest BCUT2D eigenvalue weighted by atomic mass is 10.1. The van der Waals surface area contributed by atoms with E-state index in [-0.39, 0.29) is 21.7 Å². The summed E-state index contributed by atoms with van der Waals surface area (Å²) >= 11 is 0. The molecule has 0 atom stereocenters. The number of carbonyl (C=O) groups excluding carboxylic acids is 2. The number of nitrogens with zero attached hydrogens (tertiary/aromatic N) is 1. The smallest absolute Gasteiger partial charge is 0.338 e. The van der Waals surface area contributed by atoms with Crippen molar-refractivity contribution in [2.75, 3.05) is 13.7 Å². The van der Waals surface area contributed by atoms with E-state index in [1.807, 2.05) is 0 Å². The van der Waals surface area contributed by atoms with E-state index in [1.54, 1.807) is 6.07 Å². The van der Waals surface area contributed by atoms with Gasteiger partial charge >= 0.3 is 5.97 Å². The van der Waals surface area contributed by atoms with E-state index < -0.39 is 28.4 Å². The Kier molecular flexibility index (Phi) is 6.01. The second-order valence-electron chi connectivity index (χ2n) is 4.40. The van der Waals surface area contributed by atoms with Crippen molar-refractivity contribution in [3.63, 3.8) is 0 Å². The molecular formula is C14H15N3O5S. The number of hydrogen-bond donors (Lipinski definition) is 2. The number of sulfonamides is 1. The minimum absolute atomic E-state index is 0.0238. The predicted molar refractivity (Wildman–Crippen MR) is 80.5 cm³/mol. The zero-order chi connectivity index (χ0) is 17.6. The molecule has 0 aliphatic heterocycles. The third-order valence-corrected chi connectivity index (χ3v) is 4.18. The first-order valence-corrected chi connectivity index (χ1v) is 7.81. The number of carbonyl (C=O) groups is 2. The molecule has 0 unspecified atom stereocenters. The fraction of sp³-hybridized carbons (Fsp3) is 0.214. The Morgan fingerprint density at radius 3 is 2.57 bits per heavy atom. The number of nitriles is 1. The monoisotopic (exact) mass is 337 g/mol. The minimum Gasteiger partial charge on any atom is -0.454 e. The topological polar surface area (TPSA) is 139 Å². The molecule has 0 radical (unpaired) electrons. The number of nitrogens with one attached hydrogen (secondary N) is 1. The maximum Gasteiger partial charge on any atom is 0.338 e. The Balaban J connectivity index is 2.89. The summed E-state index contributed by atoms with van der Waals surface area (Å²) in [7, 11) is -2.47. The van der Waals surface area contributed by atoms with Gasteiger partial charge < -0.3 is 10.5 Å². The average molecular weight is 337 g/mol. The molecule has 0 aliphatic rings. The van der Waals surface area contributed by atoms with Crippen LogP contribution in [0.5, 0.6) is 0 Å². The molecular weight excluding hydrogens is 322 g/mol. The molecule has 0 bridgehead atoms. The molecule has 1 aromatic carbocycles. The second kappa shape index (κ2) is 7.53. The molecule has 0 saturated heterocycles. The van der Waals surface area contributed by atoms with E-state index in [9.17, 15) is 18.0 Å². The number of ketones is 1. The van der Waals surface area contributed by atoms with Gasteiger partial charge in [-0.25, -0.2) is 17.9 Å². The van der Waals surface area contributed by atoms with Gasteiger partial charge in [0.1, 0.15) is 11.6 Å². The normalized spacial score (nSPS) is 12.0. The van der Waals surface area contributed by atoms with Crippen LogP contribution in [0.3, 0.4) is 0 Å². The van der Waals surface area contributed by atoms with Crippen LogP contribution in [0, 0.1) is 11.3 Å². The number of hydrogen-bond acceptors (Lipinski definition) is 7. The number of Topliss-reactive ketones (excluding diaryl/α,β-unsaturated/α-hetero) is 1. The van der Waals surface area contributed by atoms with E-state index >= 15 is 0 Å². The Hall–Kier alpha value is -2.70. The van der Waals surface area contributed by atoms with Crippen LogP contribution in [0.2, 0.25) is 0 Å². The number of allylic oxidation sites excluding steroid dienone is 1. The maximum absolute atomic E-state index is 11.9. The van der Waals surface area contributed by atoms with Crippen LogP contribution in [0.1, 0.15) is 17.3 Å². The van der Waals surface area contributed by atoms with Crippen LogP contribution >= 0.6 is 0 Å². The molecule has 1 rings (SSSR count). The van der Waals surface area contributed by atoms with Crippen molar-refractivity contribution in [3.05, 3.63) is 41.1 Å². The van der Waals surface area contributed by atoms with Gasteiger partial charge in [-0.3, -0.25) is 4.79 Å². The lowest BCUT2D eigenvalue weighted by Crippen LogP contribution is -2.20. The van der Waals surface area contributed by atoms with E-state index in [0.717, 1.165) is 6.07 Å². The Labute approximate surface area is 133 Å². The van der Waals surface area contributed by atoms with Gasteiger partial charge in [0.05, 0.1) is 10.5 Å². The highest BCUT2D eigenvalue weighted by Gasteiger charge is 2.17. The van der Waals surface area contributed by atoms with Crippen LogP contribution < -0.4 is 10.5 Å². The number of rotatable bonds is 6. The van der Waals surface area contributed by atoms with Crippen LogP contribution in [0.25, 0.3) is 0 Å². The summed E-state index contributed by atoms with van der Waals surface area (Å²) in [5.74, 6) is -1.63. The van der Waals surface area contributed by atoms with Crippen molar-refractivity contribution in [1.29, 1.82) is 5.26 Å². The van der Waals surface area contributed by atoms with Crippen LogP contribution in [-0.2, 0) is 19.6 Å². The van der Waals surface area contributed by atoms with Crippen molar-refractivity contribution < 1.29 is 22.7 Å². The summed E-state index contributed by atoms with van der Waals surface area (Å²) in [6.07, 6.45) is 0. The SMILES string of the molecule is CNS(=O)(=O)c1cccc(C(=O)OCC(=O)/C(C#N)=C(\C)N)c1. The quantitative estimate of drug-likeness (QED) is 0.425. The summed E-state index contributed by atoms with van der Waals surface area (Å²) in [6, 6.07) is 6.77. The van der Waals surface area contributed by atoms with Crippen LogP contribution in [0.15, 0.2) is 40.4 Å². The van der Waals surface area contributed by atoms with E-state index in [1.165, 1.54) is 32.2 Å². The lowest BCUT2D eigenvalue weighted by molar-refractivity contribution is -0.118. The van der Waals surface area contributed by atoms with Gasteiger partial charge in [-0.05, 0) is 32.2 Å². The van der Waals surface area contributed by atoms with Crippen molar-refractivity contribution in [1.82, 2.24) is 4.72 Å². The minimum atomic E-state index is -3.71. The second-order valence-corrected chi connectivity index (χ2v) is 6.29. The first kappa shape index (κ1) is 18.3. The van der Waals surface area contributed by atoms with Crippen LogP contribution in [-0.4, -0.2) is 33.8 Å². The van der Waals surface area contributed by atoms with Gasteiger partial charge in [0.2, 0.25) is 15.8 Å². The number of benzene rings is 1. The first-order chi connectivity index (χ1) is 10.7. The zero-order valence-corrected chi connectivity index (χ0v) is 13.3. The fourth-order valence-electron chi connectivity index (χ4n) is 1.57. The zero-order valence-electron chi connectivity index (χ0n) is 12.5. The summed E-state index contributed by atoms with van der Waals surface area (Å²) < 4.78 is 30.2. The highest BCUT2D eigenvalue weighted by Crippen LogP contribution is 2.12. The molecule has 0 aliphatic carbocycles. The molecule has 0 heterocycles. The molecule has 0 saturated carbocycles. The summed E-state index contributed by atoms with van der Waals surface area (Å²) in [5.41, 5.74) is 5.07. The van der Waals surface area contributed by atoms with Gasteiger partial charge in [0, 0.05) is 5.70 Å². The molecule has 3 N–H and O–H groups in total. The third-order valence-electron chi connectivity index (χ3n) is 2.77.